The first-order chi connectivity index (χ1) is 10.8. The summed E-state index contributed by atoms with van der Waals surface area (Å²) >= 11 is 0. The lowest BCUT2D eigenvalue weighted by atomic mass is 10.1. The van der Waals surface area contributed by atoms with E-state index >= 15 is 0 Å². The predicted molar refractivity (Wildman–Crippen MR) is 85.9 cm³/mol. The Morgan fingerprint density at radius 3 is 2.91 bits per heavy atom. The van der Waals surface area contributed by atoms with E-state index in [9.17, 15) is 4.79 Å². The number of nitrogens with zero attached hydrogens (tertiary/aromatic N) is 2. The van der Waals surface area contributed by atoms with Crippen LogP contribution in [0.15, 0.2) is 47.6 Å². The van der Waals surface area contributed by atoms with E-state index in [1.807, 2.05) is 24.3 Å². The van der Waals surface area contributed by atoms with E-state index in [0.717, 1.165) is 36.1 Å². The van der Waals surface area contributed by atoms with E-state index in [4.69, 9.17) is 4.74 Å². The van der Waals surface area contributed by atoms with E-state index < -0.39 is 0 Å². The molecule has 4 rings (SSSR count). The molecule has 0 aromatic heterocycles. The highest BCUT2D eigenvalue weighted by atomic mass is 16.5. The van der Waals surface area contributed by atoms with Crippen LogP contribution < -0.4 is 4.74 Å². The molecule has 1 heterocycles. The number of hydrogen-bond acceptors (Lipinski definition) is 3. The predicted octanol–water partition coefficient (Wildman–Crippen LogP) is 3.22. The molecule has 0 N–H and O–H groups in total. The van der Waals surface area contributed by atoms with Crippen molar-refractivity contribution in [1.82, 2.24) is 5.01 Å². The van der Waals surface area contributed by atoms with Gasteiger partial charge in [-0.1, -0.05) is 30.3 Å². The van der Waals surface area contributed by atoms with E-state index in [1.54, 1.807) is 5.01 Å². The van der Waals surface area contributed by atoms with Crippen LogP contribution in [0.25, 0.3) is 10.8 Å². The molecule has 1 fully saturated rings. The maximum Gasteiger partial charge on any atom is 0.251 e. The van der Waals surface area contributed by atoms with E-state index in [-0.39, 0.29) is 11.8 Å². The second kappa shape index (κ2) is 5.44. The van der Waals surface area contributed by atoms with Crippen molar-refractivity contribution in [3.63, 3.8) is 0 Å². The first-order valence-corrected chi connectivity index (χ1v) is 7.81. The number of carbonyl (C=O) groups excluding carboxylic acids is 1. The molecule has 1 saturated carbocycles. The largest absolute Gasteiger partial charge is 0.492 e. The number of rotatable bonds is 4. The van der Waals surface area contributed by atoms with Crippen molar-refractivity contribution in [2.24, 2.45) is 11.0 Å². The number of ether oxygens (including phenoxy) is 1. The van der Waals surface area contributed by atoms with Crippen molar-refractivity contribution in [3.05, 3.63) is 42.5 Å². The lowest BCUT2D eigenvalue weighted by Crippen LogP contribution is -2.29. The fourth-order valence-corrected chi connectivity index (χ4v) is 3.27. The molecule has 1 aliphatic carbocycles. The monoisotopic (exact) mass is 294 g/mol. The van der Waals surface area contributed by atoms with Gasteiger partial charge in [0.1, 0.15) is 12.4 Å². The molecule has 112 valence electrons. The van der Waals surface area contributed by atoms with Gasteiger partial charge in [0.2, 0.25) is 0 Å². The van der Waals surface area contributed by atoms with Gasteiger partial charge in [-0.05, 0) is 42.2 Å². The average molecular weight is 294 g/mol. The molecule has 0 spiro atoms. The molecule has 1 unspecified atom stereocenters. The van der Waals surface area contributed by atoms with Gasteiger partial charge in [-0.3, -0.25) is 4.79 Å². The molecule has 1 atom stereocenters. The third-order valence-electron chi connectivity index (χ3n) is 4.42. The van der Waals surface area contributed by atoms with E-state index in [0.29, 0.717) is 13.2 Å². The minimum absolute atomic E-state index is 0.0562. The first-order valence-electron chi connectivity index (χ1n) is 7.81. The van der Waals surface area contributed by atoms with Crippen LogP contribution in [0.4, 0.5) is 0 Å². The summed E-state index contributed by atoms with van der Waals surface area (Å²) in [4.78, 5) is 12.2. The molecule has 1 aliphatic heterocycles. The van der Waals surface area contributed by atoms with E-state index in [1.165, 1.54) is 5.39 Å². The van der Waals surface area contributed by atoms with Gasteiger partial charge in [0.05, 0.1) is 18.2 Å². The maximum atomic E-state index is 12.2. The van der Waals surface area contributed by atoms with E-state index in [2.05, 4.69) is 23.3 Å². The maximum absolute atomic E-state index is 12.2. The topological polar surface area (TPSA) is 41.9 Å². The van der Waals surface area contributed by atoms with Crippen LogP contribution in [0.1, 0.15) is 19.3 Å². The number of hydrogen-bond donors (Lipinski definition) is 0. The number of benzene rings is 2. The first kappa shape index (κ1) is 13.3. The smallest absolute Gasteiger partial charge is 0.251 e. The third-order valence-corrected chi connectivity index (χ3v) is 4.42. The minimum atomic E-state index is 0.0562. The quantitative estimate of drug-likeness (QED) is 0.869. The van der Waals surface area contributed by atoms with Crippen LogP contribution in [0.2, 0.25) is 0 Å². The second-order valence-electron chi connectivity index (χ2n) is 5.85. The lowest BCUT2D eigenvalue weighted by molar-refractivity contribution is -0.132. The summed E-state index contributed by atoms with van der Waals surface area (Å²) in [5, 5.41) is 8.37. The number of hydrazone groups is 1. The van der Waals surface area contributed by atoms with Gasteiger partial charge in [-0.25, -0.2) is 5.01 Å². The fourth-order valence-electron chi connectivity index (χ4n) is 3.27. The Morgan fingerprint density at radius 2 is 2.05 bits per heavy atom. The van der Waals surface area contributed by atoms with Crippen LogP contribution in [-0.2, 0) is 4.79 Å². The highest BCUT2D eigenvalue weighted by Crippen LogP contribution is 2.30. The molecule has 4 heteroatoms. The zero-order valence-corrected chi connectivity index (χ0v) is 12.4. The van der Waals surface area contributed by atoms with Crippen LogP contribution in [0.5, 0.6) is 5.75 Å². The van der Waals surface area contributed by atoms with Gasteiger partial charge >= 0.3 is 0 Å². The van der Waals surface area contributed by atoms with Gasteiger partial charge in [0, 0.05) is 0 Å². The Hall–Kier alpha value is -2.36. The second-order valence-corrected chi connectivity index (χ2v) is 5.85. The lowest BCUT2D eigenvalue weighted by Gasteiger charge is -2.14. The molecule has 0 saturated heterocycles. The summed E-state index contributed by atoms with van der Waals surface area (Å²) in [5.41, 5.74) is 1.07. The SMILES string of the molecule is O=C1C2CCCC2=NN1CCOc1ccc2ccccc2c1. The van der Waals surface area contributed by atoms with Crippen LogP contribution in [0.3, 0.4) is 0 Å². The molecule has 0 radical (unpaired) electrons. The third kappa shape index (κ3) is 2.34. The molecule has 22 heavy (non-hydrogen) atoms. The highest BCUT2D eigenvalue weighted by molar-refractivity contribution is 6.09. The summed E-state index contributed by atoms with van der Waals surface area (Å²) in [6, 6.07) is 14.2. The van der Waals surface area contributed by atoms with Gasteiger partial charge in [-0.15, -0.1) is 0 Å². The summed E-state index contributed by atoms with van der Waals surface area (Å²) < 4.78 is 5.78. The number of carbonyl (C=O) groups is 1. The zero-order chi connectivity index (χ0) is 14.9. The molecule has 0 bridgehead atoms. The van der Waals surface area contributed by atoms with Crippen LogP contribution in [-0.4, -0.2) is 29.8 Å². The molecule has 1 amide bonds. The van der Waals surface area contributed by atoms with Gasteiger partial charge in [0.15, 0.2) is 0 Å². The Balaban J connectivity index is 1.38. The summed E-state index contributed by atoms with van der Waals surface area (Å²) in [7, 11) is 0. The highest BCUT2D eigenvalue weighted by Gasteiger charge is 2.38. The van der Waals surface area contributed by atoms with Crippen molar-refractivity contribution >= 4 is 22.4 Å². The molecule has 2 aliphatic rings. The van der Waals surface area contributed by atoms with Gasteiger partial charge < -0.3 is 4.74 Å². The standard InChI is InChI=1S/C18H18N2O2/c21-18-16-6-3-7-17(16)19-20(18)10-11-22-15-9-8-13-4-1-2-5-14(13)12-15/h1-2,4-5,8-9,12,16H,3,6-7,10-11H2. The van der Waals surface area contributed by atoms with Crippen molar-refractivity contribution < 1.29 is 9.53 Å². The van der Waals surface area contributed by atoms with Gasteiger partial charge in [0.25, 0.3) is 5.91 Å². The molecule has 4 nitrogen and oxygen atoms in total. The Labute approximate surface area is 129 Å². The van der Waals surface area contributed by atoms with Crippen LogP contribution in [0, 0.1) is 5.92 Å². The molecular weight excluding hydrogens is 276 g/mol. The Bertz CT molecular complexity index is 754. The van der Waals surface area contributed by atoms with Crippen molar-refractivity contribution in [3.8, 4) is 5.75 Å². The Morgan fingerprint density at radius 1 is 1.18 bits per heavy atom. The normalized spacial score (nSPS) is 20.4. The van der Waals surface area contributed by atoms with Gasteiger partial charge in [-0.2, -0.15) is 5.10 Å². The summed E-state index contributed by atoms with van der Waals surface area (Å²) in [6.07, 6.45) is 3.02. The average Bonchev–Trinajstić information content (AvgIpc) is 3.11. The van der Waals surface area contributed by atoms with Crippen molar-refractivity contribution in [2.45, 2.75) is 19.3 Å². The zero-order valence-electron chi connectivity index (χ0n) is 12.4. The fraction of sp³-hybridized carbons (Fsp3) is 0.333. The Kier molecular flexibility index (Phi) is 3.29. The van der Waals surface area contributed by atoms with Crippen molar-refractivity contribution in [2.75, 3.05) is 13.2 Å². The summed E-state index contributed by atoms with van der Waals surface area (Å²) in [5.74, 6) is 1.04. The van der Waals surface area contributed by atoms with Crippen LogP contribution >= 0.6 is 0 Å². The number of fused-ring (bicyclic) bond motifs is 2. The van der Waals surface area contributed by atoms with Crippen molar-refractivity contribution in [1.29, 1.82) is 0 Å². The molecule has 2 aromatic rings. The minimum Gasteiger partial charge on any atom is -0.492 e. The molecular formula is C18H18N2O2. The molecule has 2 aromatic carbocycles. The summed E-state index contributed by atoms with van der Waals surface area (Å²) in [6.45, 7) is 0.985. The number of amides is 1.